The molecule has 4 aromatic rings. The van der Waals surface area contributed by atoms with Gasteiger partial charge in [-0.3, -0.25) is 0 Å². The molecule has 0 unspecified atom stereocenters. The molecular weight excluding hydrogens is 312 g/mol. The Morgan fingerprint density at radius 3 is 2.91 bits per heavy atom. The number of nitrogens with zero attached hydrogens (tertiary/aromatic N) is 6. The van der Waals surface area contributed by atoms with Crippen LogP contribution in [0.1, 0.15) is 24.7 Å². The van der Waals surface area contributed by atoms with Gasteiger partial charge in [-0.15, -0.1) is 5.10 Å². The van der Waals surface area contributed by atoms with Gasteiger partial charge in [0, 0.05) is 11.4 Å². The van der Waals surface area contributed by atoms with Crippen LogP contribution < -0.4 is 0 Å². The average Bonchev–Trinajstić information content (AvgIpc) is 3.13. The van der Waals surface area contributed by atoms with Gasteiger partial charge in [-0.25, -0.2) is 19.2 Å². The zero-order valence-corrected chi connectivity index (χ0v) is 13.6. The highest BCUT2D eigenvalue weighted by Crippen LogP contribution is 2.24. The molecule has 0 fully saturated rings. The maximum absolute atomic E-state index is 6.13. The molecule has 6 nitrogen and oxygen atoms in total. The van der Waals surface area contributed by atoms with Gasteiger partial charge in [-0.2, -0.15) is 5.10 Å². The molecule has 116 valence electrons. The SMILES string of the molecule is CCCc1nc2c3cnn(-c4cc(Cl)ccc4C)c3ncn2n1. The van der Waals surface area contributed by atoms with Crippen LogP contribution in [0, 0.1) is 6.92 Å². The van der Waals surface area contributed by atoms with Gasteiger partial charge in [-0.05, 0) is 31.0 Å². The summed E-state index contributed by atoms with van der Waals surface area (Å²) in [5.41, 5.74) is 3.52. The summed E-state index contributed by atoms with van der Waals surface area (Å²) in [5, 5.41) is 10.5. The molecular formula is C16H15ClN6. The van der Waals surface area contributed by atoms with Crippen molar-refractivity contribution in [3.8, 4) is 5.69 Å². The Hall–Kier alpha value is -2.47. The first kappa shape index (κ1) is 14.1. The van der Waals surface area contributed by atoms with Gasteiger partial charge in [0.05, 0.1) is 17.3 Å². The van der Waals surface area contributed by atoms with Gasteiger partial charge in [0.2, 0.25) is 0 Å². The lowest BCUT2D eigenvalue weighted by atomic mass is 10.2. The van der Waals surface area contributed by atoms with Gasteiger partial charge in [-0.1, -0.05) is 24.6 Å². The van der Waals surface area contributed by atoms with E-state index in [9.17, 15) is 0 Å². The minimum atomic E-state index is 0.669. The molecule has 0 saturated carbocycles. The number of rotatable bonds is 3. The predicted molar refractivity (Wildman–Crippen MR) is 89.2 cm³/mol. The van der Waals surface area contributed by atoms with E-state index in [0.717, 1.165) is 46.6 Å². The monoisotopic (exact) mass is 326 g/mol. The van der Waals surface area contributed by atoms with Crippen LogP contribution in [-0.2, 0) is 6.42 Å². The summed E-state index contributed by atoms with van der Waals surface area (Å²) in [4.78, 5) is 9.12. The minimum absolute atomic E-state index is 0.669. The number of aryl methyl sites for hydroxylation is 2. The van der Waals surface area contributed by atoms with E-state index in [-0.39, 0.29) is 0 Å². The van der Waals surface area contributed by atoms with Crippen molar-refractivity contribution in [2.75, 3.05) is 0 Å². The van der Waals surface area contributed by atoms with E-state index >= 15 is 0 Å². The maximum atomic E-state index is 6.13. The molecule has 1 aromatic carbocycles. The Labute approximate surface area is 137 Å². The first-order valence-electron chi connectivity index (χ1n) is 7.52. The molecule has 3 aromatic heterocycles. The fraction of sp³-hybridized carbons (Fsp3) is 0.250. The standard InChI is InChI=1S/C16H15ClN6/c1-3-4-14-20-16-12-8-19-23(15(12)18-9-22(16)21-14)13-7-11(17)6-5-10(13)2/h5-9H,3-4H2,1-2H3. The first-order valence-corrected chi connectivity index (χ1v) is 7.89. The Morgan fingerprint density at radius 2 is 2.09 bits per heavy atom. The number of aromatic nitrogens is 6. The lowest BCUT2D eigenvalue weighted by molar-refractivity contribution is 0.811. The molecule has 0 bridgehead atoms. The van der Waals surface area contributed by atoms with Crippen molar-refractivity contribution in [3.63, 3.8) is 0 Å². The molecule has 0 aliphatic rings. The van der Waals surface area contributed by atoms with Crippen LogP contribution in [0.5, 0.6) is 0 Å². The van der Waals surface area contributed by atoms with Gasteiger partial charge in [0.25, 0.3) is 0 Å². The van der Waals surface area contributed by atoms with Crippen molar-refractivity contribution in [2.45, 2.75) is 26.7 Å². The highest BCUT2D eigenvalue weighted by molar-refractivity contribution is 6.30. The summed E-state index contributed by atoms with van der Waals surface area (Å²) >= 11 is 6.13. The lowest BCUT2D eigenvalue weighted by Crippen LogP contribution is -2.01. The summed E-state index contributed by atoms with van der Waals surface area (Å²) in [6.45, 7) is 4.13. The lowest BCUT2D eigenvalue weighted by Gasteiger charge is -2.07. The molecule has 0 aliphatic carbocycles. The van der Waals surface area contributed by atoms with Crippen molar-refractivity contribution < 1.29 is 0 Å². The predicted octanol–water partition coefficient (Wildman–Crippen LogP) is 3.38. The Morgan fingerprint density at radius 1 is 1.22 bits per heavy atom. The minimum Gasteiger partial charge on any atom is -0.216 e. The topological polar surface area (TPSA) is 60.9 Å². The van der Waals surface area contributed by atoms with Gasteiger partial charge >= 0.3 is 0 Å². The van der Waals surface area contributed by atoms with E-state index in [1.165, 1.54) is 0 Å². The molecule has 0 spiro atoms. The number of halogens is 1. The zero-order valence-electron chi connectivity index (χ0n) is 12.9. The van der Waals surface area contributed by atoms with Crippen molar-refractivity contribution in [1.82, 2.24) is 29.4 Å². The molecule has 0 amide bonds. The summed E-state index contributed by atoms with van der Waals surface area (Å²) in [6, 6.07) is 5.73. The Kier molecular flexibility index (Phi) is 3.27. The Bertz CT molecular complexity index is 1020. The molecule has 3 heterocycles. The molecule has 0 atom stereocenters. The van der Waals surface area contributed by atoms with Crippen molar-refractivity contribution in [1.29, 1.82) is 0 Å². The second-order valence-corrected chi connectivity index (χ2v) is 5.95. The maximum Gasteiger partial charge on any atom is 0.170 e. The zero-order chi connectivity index (χ0) is 16.0. The fourth-order valence-electron chi connectivity index (χ4n) is 2.68. The van der Waals surface area contributed by atoms with E-state index in [0.29, 0.717) is 5.02 Å². The summed E-state index contributed by atoms with van der Waals surface area (Å²) in [6.07, 6.45) is 5.32. The summed E-state index contributed by atoms with van der Waals surface area (Å²) in [5.74, 6) is 0.827. The second-order valence-electron chi connectivity index (χ2n) is 5.52. The van der Waals surface area contributed by atoms with Crippen molar-refractivity contribution >= 4 is 28.3 Å². The summed E-state index contributed by atoms with van der Waals surface area (Å²) < 4.78 is 3.51. The van der Waals surface area contributed by atoms with Gasteiger partial charge in [0.15, 0.2) is 17.1 Å². The quantitative estimate of drug-likeness (QED) is 0.579. The Balaban J connectivity index is 1.96. The van der Waals surface area contributed by atoms with Crippen LogP contribution in [-0.4, -0.2) is 29.4 Å². The van der Waals surface area contributed by atoms with Gasteiger partial charge in [0.1, 0.15) is 6.33 Å². The highest BCUT2D eigenvalue weighted by atomic mass is 35.5. The van der Waals surface area contributed by atoms with E-state index in [1.807, 2.05) is 25.1 Å². The molecule has 0 saturated heterocycles. The normalized spacial score (nSPS) is 11.6. The third kappa shape index (κ3) is 2.26. The van der Waals surface area contributed by atoms with E-state index in [2.05, 4.69) is 27.1 Å². The smallest absolute Gasteiger partial charge is 0.170 e. The van der Waals surface area contributed by atoms with Crippen LogP contribution in [0.2, 0.25) is 5.02 Å². The van der Waals surface area contributed by atoms with Crippen LogP contribution in [0.25, 0.3) is 22.4 Å². The third-order valence-electron chi connectivity index (χ3n) is 3.82. The fourth-order valence-corrected chi connectivity index (χ4v) is 2.85. The largest absolute Gasteiger partial charge is 0.216 e. The molecule has 7 heteroatoms. The molecule has 0 radical (unpaired) electrons. The van der Waals surface area contributed by atoms with Crippen LogP contribution in [0.3, 0.4) is 0 Å². The molecule has 23 heavy (non-hydrogen) atoms. The molecule has 0 aliphatic heterocycles. The second kappa shape index (κ2) is 5.31. The number of benzene rings is 1. The molecule has 0 N–H and O–H groups in total. The number of hydrogen-bond donors (Lipinski definition) is 0. The van der Waals surface area contributed by atoms with Crippen LogP contribution in [0.15, 0.2) is 30.7 Å². The van der Waals surface area contributed by atoms with Crippen molar-refractivity contribution in [3.05, 3.63) is 47.1 Å². The van der Waals surface area contributed by atoms with Crippen molar-refractivity contribution in [2.24, 2.45) is 0 Å². The van der Waals surface area contributed by atoms with Crippen LogP contribution in [0.4, 0.5) is 0 Å². The highest BCUT2D eigenvalue weighted by Gasteiger charge is 2.14. The number of hydrogen-bond acceptors (Lipinski definition) is 4. The van der Waals surface area contributed by atoms with E-state index < -0.39 is 0 Å². The number of fused-ring (bicyclic) bond motifs is 3. The van der Waals surface area contributed by atoms with Gasteiger partial charge < -0.3 is 0 Å². The first-order chi connectivity index (χ1) is 11.2. The summed E-state index contributed by atoms with van der Waals surface area (Å²) in [7, 11) is 0. The third-order valence-corrected chi connectivity index (χ3v) is 4.06. The van der Waals surface area contributed by atoms with E-state index in [1.54, 1.807) is 21.7 Å². The average molecular weight is 327 g/mol. The van der Waals surface area contributed by atoms with Crippen LogP contribution >= 0.6 is 11.6 Å². The molecule has 4 rings (SSSR count). The van der Waals surface area contributed by atoms with E-state index in [4.69, 9.17) is 11.6 Å².